The van der Waals surface area contributed by atoms with Crippen molar-refractivity contribution in [2.24, 2.45) is 0 Å². The first-order valence-corrected chi connectivity index (χ1v) is 11.0. The van der Waals surface area contributed by atoms with Gasteiger partial charge in [0.25, 0.3) is 0 Å². The van der Waals surface area contributed by atoms with Crippen molar-refractivity contribution in [1.82, 2.24) is 20.1 Å². The molecule has 155 valence electrons. The lowest BCUT2D eigenvalue weighted by Crippen LogP contribution is -2.33. The molecule has 0 unspecified atom stereocenters. The van der Waals surface area contributed by atoms with Gasteiger partial charge in [-0.15, -0.1) is 10.2 Å². The second-order valence-electron chi connectivity index (χ2n) is 8.42. The Morgan fingerprint density at radius 1 is 0.935 bits per heavy atom. The zero-order valence-corrected chi connectivity index (χ0v) is 17.9. The Labute approximate surface area is 184 Å². The quantitative estimate of drug-likeness (QED) is 0.466. The van der Waals surface area contributed by atoms with E-state index in [9.17, 15) is 0 Å². The Balaban J connectivity index is 1.26. The van der Waals surface area contributed by atoms with Crippen LogP contribution in [0.1, 0.15) is 35.7 Å². The van der Waals surface area contributed by atoms with Crippen LogP contribution in [-0.4, -0.2) is 33.2 Å². The maximum Gasteiger partial charge on any atom is 0.161 e. The summed E-state index contributed by atoms with van der Waals surface area (Å²) in [5.41, 5.74) is 6.16. The molecule has 1 fully saturated rings. The number of benzene rings is 3. The third kappa shape index (κ3) is 4.44. The predicted octanol–water partition coefficient (Wildman–Crippen LogP) is 5.63. The van der Waals surface area contributed by atoms with Gasteiger partial charge in [0.05, 0.1) is 0 Å². The van der Waals surface area contributed by atoms with E-state index in [2.05, 4.69) is 87.7 Å². The third-order valence-corrected chi connectivity index (χ3v) is 6.15. The van der Waals surface area contributed by atoms with Crippen molar-refractivity contribution in [3.8, 4) is 22.5 Å². The van der Waals surface area contributed by atoms with Gasteiger partial charge in [-0.1, -0.05) is 78.4 Å². The van der Waals surface area contributed by atoms with Crippen LogP contribution in [0.2, 0.25) is 0 Å². The summed E-state index contributed by atoms with van der Waals surface area (Å²) in [6.45, 7) is 5.23. The van der Waals surface area contributed by atoms with Gasteiger partial charge in [-0.25, -0.2) is 0 Å². The van der Waals surface area contributed by atoms with Gasteiger partial charge in [-0.2, -0.15) is 0 Å². The van der Waals surface area contributed by atoms with Crippen molar-refractivity contribution < 1.29 is 0 Å². The number of rotatable bonds is 5. The van der Waals surface area contributed by atoms with Crippen molar-refractivity contribution in [3.63, 3.8) is 0 Å². The first-order valence-electron chi connectivity index (χ1n) is 11.0. The van der Waals surface area contributed by atoms with Crippen LogP contribution in [0.25, 0.3) is 22.5 Å². The summed E-state index contributed by atoms with van der Waals surface area (Å²) in [5, 5.41) is 8.84. The number of nitrogens with zero attached hydrogens (tertiary/aromatic N) is 3. The molecular formula is C27H27N4. The van der Waals surface area contributed by atoms with Crippen molar-refractivity contribution in [2.45, 2.75) is 32.2 Å². The number of hydrogen-bond acceptors (Lipinski definition) is 3. The molecule has 1 aliphatic heterocycles. The van der Waals surface area contributed by atoms with Gasteiger partial charge >= 0.3 is 0 Å². The highest BCUT2D eigenvalue weighted by atomic mass is 15.2. The van der Waals surface area contributed by atoms with Gasteiger partial charge in [-0.3, -0.25) is 4.90 Å². The number of H-pyrrole nitrogens is 1. The first kappa shape index (κ1) is 19.7. The molecule has 4 nitrogen and oxygen atoms in total. The van der Waals surface area contributed by atoms with Crippen LogP contribution in [0.15, 0.2) is 72.8 Å². The monoisotopic (exact) mass is 407 g/mol. The standard InChI is InChI=1S/C27H27N4/c1-20-12-13-25(21-8-4-2-5-9-21)24(18-20)19-31-16-14-23(15-17-31)27-28-26(29-30-27)22-10-6-3-7-11-22/h2-12,18,23H,14-17,19H2,1H3,(H,28,29,30). The van der Waals surface area contributed by atoms with Crippen molar-refractivity contribution >= 4 is 0 Å². The van der Waals surface area contributed by atoms with E-state index in [0.29, 0.717) is 5.92 Å². The molecule has 0 atom stereocenters. The second-order valence-corrected chi connectivity index (χ2v) is 8.42. The van der Waals surface area contributed by atoms with E-state index in [0.717, 1.165) is 49.7 Å². The highest BCUT2D eigenvalue weighted by Crippen LogP contribution is 2.30. The SMILES string of the molecule is Cc1c[c]c(-c2ccccc2)c(CN2CCC(c3nnc(-c4ccccc4)[nH]3)CC2)c1. The minimum absolute atomic E-state index is 0.443. The van der Waals surface area contributed by atoms with Gasteiger partial charge in [0, 0.05) is 18.0 Å². The number of likely N-dealkylation sites (tertiary alicyclic amines) is 1. The molecule has 5 rings (SSSR count). The van der Waals surface area contributed by atoms with Gasteiger partial charge in [0.1, 0.15) is 5.82 Å². The van der Waals surface area contributed by atoms with E-state index in [-0.39, 0.29) is 0 Å². The normalized spacial score (nSPS) is 15.3. The lowest BCUT2D eigenvalue weighted by Gasteiger charge is -2.31. The summed E-state index contributed by atoms with van der Waals surface area (Å²) < 4.78 is 0. The Kier molecular flexibility index (Phi) is 5.63. The Morgan fingerprint density at radius 2 is 1.61 bits per heavy atom. The fourth-order valence-corrected chi connectivity index (χ4v) is 4.46. The minimum Gasteiger partial charge on any atom is -0.325 e. The zero-order valence-electron chi connectivity index (χ0n) is 17.9. The maximum absolute atomic E-state index is 4.46. The summed E-state index contributed by atoms with van der Waals surface area (Å²) >= 11 is 0. The van der Waals surface area contributed by atoms with E-state index in [4.69, 9.17) is 0 Å². The largest absolute Gasteiger partial charge is 0.325 e. The molecule has 1 N–H and O–H groups in total. The van der Waals surface area contributed by atoms with E-state index >= 15 is 0 Å². The van der Waals surface area contributed by atoms with Crippen LogP contribution >= 0.6 is 0 Å². The van der Waals surface area contributed by atoms with E-state index in [1.165, 1.54) is 22.3 Å². The topological polar surface area (TPSA) is 44.8 Å². The predicted molar refractivity (Wildman–Crippen MR) is 125 cm³/mol. The molecule has 0 bridgehead atoms. The van der Waals surface area contributed by atoms with E-state index < -0.39 is 0 Å². The second kappa shape index (κ2) is 8.86. The average Bonchev–Trinajstić information content (AvgIpc) is 3.31. The van der Waals surface area contributed by atoms with Gasteiger partial charge in [0.2, 0.25) is 0 Å². The van der Waals surface area contributed by atoms with Crippen molar-refractivity contribution in [3.05, 3.63) is 95.8 Å². The number of piperidine rings is 1. The summed E-state index contributed by atoms with van der Waals surface area (Å²) in [5.74, 6) is 2.33. The van der Waals surface area contributed by atoms with Crippen LogP contribution in [0, 0.1) is 13.0 Å². The van der Waals surface area contributed by atoms with Crippen LogP contribution < -0.4 is 0 Å². The molecule has 0 saturated carbocycles. The molecule has 1 saturated heterocycles. The number of hydrogen-bond donors (Lipinski definition) is 1. The molecule has 3 aromatic carbocycles. The van der Waals surface area contributed by atoms with Crippen LogP contribution in [0.3, 0.4) is 0 Å². The lowest BCUT2D eigenvalue weighted by molar-refractivity contribution is 0.202. The zero-order chi connectivity index (χ0) is 21.0. The lowest BCUT2D eigenvalue weighted by atomic mass is 9.94. The van der Waals surface area contributed by atoms with Crippen molar-refractivity contribution in [1.29, 1.82) is 0 Å². The molecule has 0 spiro atoms. The molecule has 4 aromatic rings. The Bertz CT molecular complexity index is 1130. The number of aromatic nitrogens is 3. The molecule has 0 amide bonds. The Hall–Kier alpha value is -3.24. The van der Waals surface area contributed by atoms with Crippen LogP contribution in [-0.2, 0) is 6.54 Å². The number of nitrogens with one attached hydrogen (secondary N) is 1. The van der Waals surface area contributed by atoms with Gasteiger partial charge < -0.3 is 4.98 Å². The van der Waals surface area contributed by atoms with Crippen LogP contribution in [0.4, 0.5) is 0 Å². The summed E-state index contributed by atoms with van der Waals surface area (Å²) in [4.78, 5) is 6.01. The molecule has 0 aliphatic carbocycles. The number of aryl methyl sites for hydroxylation is 1. The third-order valence-electron chi connectivity index (χ3n) is 6.15. The van der Waals surface area contributed by atoms with Crippen LogP contribution in [0.5, 0.6) is 0 Å². The summed E-state index contributed by atoms with van der Waals surface area (Å²) in [6.07, 6.45) is 2.19. The molecule has 4 heteroatoms. The summed E-state index contributed by atoms with van der Waals surface area (Å²) in [7, 11) is 0. The smallest absolute Gasteiger partial charge is 0.161 e. The van der Waals surface area contributed by atoms with Gasteiger partial charge in [0.15, 0.2) is 5.82 Å². The molecule has 2 heterocycles. The maximum atomic E-state index is 4.46. The average molecular weight is 408 g/mol. The minimum atomic E-state index is 0.443. The summed E-state index contributed by atoms with van der Waals surface area (Å²) in [6, 6.07) is 28.7. The molecule has 1 aliphatic rings. The number of aromatic amines is 1. The fraction of sp³-hybridized carbons (Fsp3) is 0.259. The van der Waals surface area contributed by atoms with E-state index in [1.807, 2.05) is 18.2 Å². The molecule has 1 aromatic heterocycles. The molecule has 31 heavy (non-hydrogen) atoms. The highest BCUT2D eigenvalue weighted by Gasteiger charge is 2.24. The highest BCUT2D eigenvalue weighted by molar-refractivity contribution is 5.67. The molecular weight excluding hydrogens is 380 g/mol. The Morgan fingerprint density at radius 3 is 2.32 bits per heavy atom. The fourth-order valence-electron chi connectivity index (χ4n) is 4.46. The van der Waals surface area contributed by atoms with Crippen molar-refractivity contribution in [2.75, 3.05) is 13.1 Å². The first-order chi connectivity index (χ1) is 15.3. The molecule has 1 radical (unpaired) electrons. The van der Waals surface area contributed by atoms with Gasteiger partial charge in [-0.05, 0) is 55.6 Å². The van der Waals surface area contributed by atoms with E-state index in [1.54, 1.807) is 0 Å².